The van der Waals surface area contributed by atoms with Crippen LogP contribution < -0.4 is 24.8 Å². The van der Waals surface area contributed by atoms with Gasteiger partial charge in [0.2, 0.25) is 0 Å². The Morgan fingerprint density at radius 3 is 2.29 bits per heavy atom. The predicted molar refractivity (Wildman–Crippen MR) is 129 cm³/mol. The summed E-state index contributed by atoms with van der Waals surface area (Å²) in [5, 5.41) is 1.86. The van der Waals surface area contributed by atoms with Crippen LogP contribution in [-0.2, 0) is 23.2 Å². The molecule has 0 aliphatic heterocycles. The zero-order chi connectivity index (χ0) is 21.0. The van der Waals surface area contributed by atoms with Crippen molar-refractivity contribution in [1.29, 1.82) is 0 Å². The second-order valence-corrected chi connectivity index (χ2v) is 15.6. The Bertz CT molecular complexity index is 801. The first-order chi connectivity index (χ1) is 14.0. The average molecular weight is 557 g/mol. The Balaban J connectivity index is 0.00000240. The number of unbranched alkanes of at least 4 members (excludes halogenated alkanes) is 1. The first-order valence-corrected chi connectivity index (χ1v) is 15.9. The zero-order valence-electron chi connectivity index (χ0n) is 20.1. The molecule has 170 valence electrons. The van der Waals surface area contributed by atoms with Crippen LogP contribution in [0, 0.1) is 0 Å². The molecular weight excluding hydrogens is 517 g/mol. The predicted octanol–water partition coefficient (Wildman–Crippen LogP) is 3.05. The molecule has 0 saturated heterocycles. The van der Waals surface area contributed by atoms with Crippen molar-refractivity contribution in [2.24, 2.45) is 0 Å². The molecule has 2 aliphatic carbocycles. The van der Waals surface area contributed by atoms with E-state index in [-0.39, 0.29) is 32.7 Å². The molecule has 3 atom stereocenters. The summed E-state index contributed by atoms with van der Waals surface area (Å²) in [5.74, 6) is 0. The van der Waals surface area contributed by atoms with Crippen molar-refractivity contribution in [2.45, 2.75) is 95.0 Å². The van der Waals surface area contributed by atoms with E-state index < -0.39 is 23.2 Å². The first kappa shape index (κ1) is 29.4. The molecule has 1 aromatic carbocycles. The quantitative estimate of drug-likeness (QED) is 0.389. The summed E-state index contributed by atoms with van der Waals surface area (Å²) in [7, 11) is -0.0626. The van der Waals surface area contributed by atoms with Crippen molar-refractivity contribution in [3.63, 3.8) is 0 Å². The van der Waals surface area contributed by atoms with Gasteiger partial charge in [0.25, 0.3) is 0 Å². The Morgan fingerprint density at radius 1 is 1.03 bits per heavy atom. The Hall–Kier alpha value is 0.333. The molecule has 0 nitrogen and oxygen atoms in total. The third kappa shape index (κ3) is 6.69. The summed E-state index contributed by atoms with van der Waals surface area (Å²) >= 11 is -0.700. The second-order valence-electron chi connectivity index (χ2n) is 8.85. The van der Waals surface area contributed by atoms with Gasteiger partial charge in [-0.2, -0.15) is 0 Å². The third-order valence-electron chi connectivity index (χ3n) is 6.89. The molecule has 0 aromatic heterocycles. The third-order valence-corrected chi connectivity index (χ3v) is 15.4. The van der Waals surface area contributed by atoms with Gasteiger partial charge in [0.05, 0.1) is 0 Å². The van der Waals surface area contributed by atoms with E-state index in [0.717, 1.165) is 14.9 Å². The van der Waals surface area contributed by atoms with Crippen molar-refractivity contribution in [3.8, 4) is 0 Å². The van der Waals surface area contributed by atoms with Crippen LogP contribution >= 0.6 is 7.92 Å². The van der Waals surface area contributed by atoms with Crippen molar-refractivity contribution in [1.82, 2.24) is 0 Å². The van der Waals surface area contributed by atoms with Crippen LogP contribution in [0.15, 0.2) is 50.1 Å². The largest absolute Gasteiger partial charge is 1.00 e. The van der Waals surface area contributed by atoms with Crippen LogP contribution in [-0.4, -0.2) is 11.3 Å². The maximum Gasteiger partial charge on any atom is -1.00 e. The van der Waals surface area contributed by atoms with Crippen LogP contribution in [0.5, 0.6) is 0 Å². The minimum Gasteiger partial charge on any atom is -1.00 e. The second kappa shape index (κ2) is 13.9. The van der Waals surface area contributed by atoms with Crippen LogP contribution in [0.4, 0.5) is 0 Å². The first-order valence-electron chi connectivity index (χ1n) is 11.8. The molecule has 0 fully saturated rings. The molecule has 3 rings (SSSR count). The fourth-order valence-corrected chi connectivity index (χ4v) is 13.9. The van der Waals surface area contributed by atoms with Gasteiger partial charge in [0.1, 0.15) is 0 Å². The average Bonchev–Trinajstić information content (AvgIpc) is 3.27. The Morgan fingerprint density at radius 2 is 1.68 bits per heavy atom. The minimum absolute atomic E-state index is 0. The van der Waals surface area contributed by atoms with Crippen molar-refractivity contribution >= 4 is 14.0 Å². The van der Waals surface area contributed by atoms with E-state index in [9.17, 15) is 0 Å². The Labute approximate surface area is 217 Å². The smallest absolute Gasteiger partial charge is 1.00 e. The van der Waals surface area contributed by atoms with Gasteiger partial charge < -0.3 is 24.8 Å². The summed E-state index contributed by atoms with van der Waals surface area (Å²) in [5.41, 5.74) is 8.22. The van der Waals surface area contributed by atoms with Crippen LogP contribution in [0.25, 0.3) is 6.08 Å². The molecule has 2 aliphatic rings. The number of hydrogen-bond donors (Lipinski definition) is 0. The molecule has 0 spiro atoms. The van der Waals surface area contributed by atoms with Crippen molar-refractivity contribution in [2.75, 3.05) is 0 Å². The number of hydrogen-bond acceptors (Lipinski definition) is 0. The molecular formula is C27H39Cl2PZr. The van der Waals surface area contributed by atoms with Crippen LogP contribution in [0.2, 0.25) is 0 Å². The molecule has 0 amide bonds. The van der Waals surface area contributed by atoms with Gasteiger partial charge in [-0.25, -0.2) is 0 Å². The molecule has 0 saturated carbocycles. The van der Waals surface area contributed by atoms with Gasteiger partial charge in [0, 0.05) is 0 Å². The molecule has 0 radical (unpaired) electrons. The molecule has 0 heterocycles. The van der Waals surface area contributed by atoms with Gasteiger partial charge in [-0.3, -0.25) is 0 Å². The number of benzene rings is 1. The maximum absolute atomic E-state index is 2.65. The summed E-state index contributed by atoms with van der Waals surface area (Å²) < 4.78 is 2.67. The summed E-state index contributed by atoms with van der Waals surface area (Å²) in [4.78, 5) is 0. The van der Waals surface area contributed by atoms with E-state index in [2.05, 4.69) is 78.0 Å². The molecule has 4 heteroatoms. The summed E-state index contributed by atoms with van der Waals surface area (Å²) in [6.45, 7) is 14.5. The fraction of sp³-hybridized carbons (Fsp3) is 0.556. The van der Waals surface area contributed by atoms with Crippen molar-refractivity contribution < 1.29 is 48.0 Å². The maximum atomic E-state index is 2.65. The number of halogens is 2. The molecule has 0 bridgehead atoms. The minimum atomic E-state index is -0.700. The van der Waals surface area contributed by atoms with Gasteiger partial charge in [-0.1, -0.05) is 0 Å². The number of allylic oxidation sites excluding steroid dienone is 5. The molecule has 31 heavy (non-hydrogen) atoms. The summed E-state index contributed by atoms with van der Waals surface area (Å²) in [6.07, 6.45) is 13.0. The van der Waals surface area contributed by atoms with Crippen LogP contribution in [0.1, 0.15) is 94.8 Å². The van der Waals surface area contributed by atoms with E-state index in [1.807, 2.05) is 8.60 Å². The van der Waals surface area contributed by atoms with E-state index in [4.69, 9.17) is 0 Å². The topological polar surface area (TPSA) is 0 Å². The van der Waals surface area contributed by atoms with E-state index >= 15 is 0 Å². The van der Waals surface area contributed by atoms with E-state index in [1.54, 1.807) is 16.7 Å². The Kier molecular flexibility index (Phi) is 13.2. The van der Waals surface area contributed by atoms with E-state index in [1.165, 1.54) is 44.1 Å². The molecule has 3 unspecified atom stereocenters. The molecule has 0 N–H and O–H groups in total. The van der Waals surface area contributed by atoms with Gasteiger partial charge in [0.15, 0.2) is 0 Å². The number of fused-ring (bicyclic) bond motifs is 1. The number of rotatable bonds is 10. The van der Waals surface area contributed by atoms with Gasteiger partial charge in [-0.15, -0.1) is 0 Å². The standard InChI is InChI=1S/C17H24P.C10H15.2ClH.Zr/c1-5-13(3)18(14(4)6-2)17-11-15-9-7-8-10-16(15)12-17;1-3-4-7-10-8-5-6-9(10)2;;;/h7-14H,5-6H2,1-4H3;6H,3-5,7H2,1-2H3;2*1H;/q;;;;+2/p-2. The van der Waals surface area contributed by atoms with Gasteiger partial charge in [-0.05, 0) is 0 Å². The summed E-state index contributed by atoms with van der Waals surface area (Å²) in [6, 6.07) is 9.34. The zero-order valence-corrected chi connectivity index (χ0v) is 25.0. The fourth-order valence-electron chi connectivity index (χ4n) is 4.78. The monoisotopic (exact) mass is 554 g/mol. The normalized spacial score (nSPS) is 20.0. The van der Waals surface area contributed by atoms with Crippen LogP contribution in [0.3, 0.4) is 0 Å². The van der Waals surface area contributed by atoms with E-state index in [0.29, 0.717) is 0 Å². The SMILES string of the molecule is CCCCC1=[C]([Zr+2][CH]2C(P(C(C)CC)C(C)CC)=Cc3ccccc32)CC=C1C.[Cl-].[Cl-]. The van der Waals surface area contributed by atoms with Gasteiger partial charge >= 0.3 is 193 Å². The van der Waals surface area contributed by atoms with Crippen molar-refractivity contribution in [3.05, 3.63) is 61.2 Å². The molecule has 1 aromatic rings.